The third-order valence-electron chi connectivity index (χ3n) is 5.18. The van der Waals surface area contributed by atoms with E-state index in [1.807, 2.05) is 0 Å². The molecule has 1 fully saturated rings. The topological polar surface area (TPSA) is 198 Å². The van der Waals surface area contributed by atoms with Gasteiger partial charge in [0.05, 0.1) is 12.4 Å². The highest BCUT2D eigenvalue weighted by Crippen LogP contribution is 2.31. The minimum Gasteiger partial charge on any atom is -0.508 e. The van der Waals surface area contributed by atoms with E-state index in [-0.39, 0.29) is 24.6 Å². The Morgan fingerprint density at radius 3 is 2.74 bits per heavy atom. The maximum Gasteiger partial charge on any atom is 0.323 e. The fourth-order valence-corrected chi connectivity index (χ4v) is 3.44. The predicted octanol–water partition coefficient (Wildman–Crippen LogP) is -1.19. The predicted molar refractivity (Wildman–Crippen MR) is 108 cm³/mol. The Balaban J connectivity index is 1.38. The molecule has 0 saturated carbocycles. The number of carbonyl (C=O) groups excluding carboxylic acids is 1. The summed E-state index contributed by atoms with van der Waals surface area (Å²) in [5.74, 6) is -0.302. The number of hydrogen-bond donors (Lipinski definition) is 5. The van der Waals surface area contributed by atoms with E-state index in [0.717, 1.165) is 5.56 Å². The molecule has 0 radical (unpaired) electrons. The van der Waals surface area contributed by atoms with E-state index < -0.39 is 36.5 Å². The summed E-state index contributed by atoms with van der Waals surface area (Å²) in [6.45, 7) is -0.180. The van der Waals surface area contributed by atoms with Gasteiger partial charge in [0.1, 0.15) is 42.5 Å². The lowest BCUT2D eigenvalue weighted by atomic mass is 10.1. The summed E-state index contributed by atoms with van der Waals surface area (Å²) in [5, 5.41) is 19.9. The molecule has 5 atom stereocenters. The Morgan fingerprint density at radius 1 is 1.26 bits per heavy atom. The molecule has 1 aliphatic rings. The molecule has 0 bridgehead atoms. The molecule has 0 amide bonds. The minimum absolute atomic E-state index is 0.125. The summed E-state index contributed by atoms with van der Waals surface area (Å²) < 4.78 is 12.6. The summed E-state index contributed by atoms with van der Waals surface area (Å²) >= 11 is 0. The first-order valence-corrected chi connectivity index (χ1v) is 9.57. The normalized spacial score (nSPS) is 24.4. The highest BCUT2D eigenvalue weighted by Gasteiger charge is 2.44. The average Bonchev–Trinajstić information content (AvgIpc) is 3.30. The number of phenolic OH excluding ortho intramolecular Hbond substituents is 1. The summed E-state index contributed by atoms with van der Waals surface area (Å²) in [4.78, 5) is 24.4. The maximum absolute atomic E-state index is 12.3. The molecule has 8 N–H and O–H groups in total. The molecule has 12 nitrogen and oxygen atoms in total. The van der Waals surface area contributed by atoms with Crippen LogP contribution in [0.1, 0.15) is 11.8 Å². The third kappa shape index (κ3) is 4.14. The number of phenols is 1. The first-order valence-electron chi connectivity index (χ1n) is 9.57. The number of aromatic hydroxyl groups is 1. The summed E-state index contributed by atoms with van der Waals surface area (Å²) in [6, 6.07) is 4.65. The summed E-state index contributed by atoms with van der Waals surface area (Å²) in [7, 11) is 0. The smallest absolute Gasteiger partial charge is 0.323 e. The molecule has 0 aliphatic carbocycles. The molecule has 0 spiro atoms. The van der Waals surface area contributed by atoms with Crippen molar-refractivity contribution < 1.29 is 24.5 Å². The second kappa shape index (κ2) is 8.43. The second-order valence-corrected chi connectivity index (χ2v) is 7.32. The van der Waals surface area contributed by atoms with Gasteiger partial charge in [0.25, 0.3) is 0 Å². The number of benzene rings is 1. The van der Waals surface area contributed by atoms with Gasteiger partial charge < -0.3 is 36.9 Å². The number of aromatic nitrogens is 4. The van der Waals surface area contributed by atoms with Gasteiger partial charge in [-0.1, -0.05) is 12.1 Å². The van der Waals surface area contributed by atoms with Crippen molar-refractivity contribution in [2.24, 2.45) is 11.5 Å². The average molecular weight is 429 g/mol. The van der Waals surface area contributed by atoms with Crippen LogP contribution in [0.25, 0.3) is 11.2 Å². The minimum atomic E-state index is -1.09. The Morgan fingerprint density at radius 2 is 2.00 bits per heavy atom. The SMILES string of the molecule is Nc1ncnc2c1ncn2[C@@H]1O[C@H](COC(=O)[C@@H](N)Cc2ccc(O)cc2)[C@@H](N)[C@H]1O. The van der Waals surface area contributed by atoms with Crippen LogP contribution in [-0.2, 0) is 20.7 Å². The molecule has 164 valence electrons. The van der Waals surface area contributed by atoms with Gasteiger partial charge in [-0.3, -0.25) is 9.36 Å². The van der Waals surface area contributed by atoms with E-state index in [1.165, 1.54) is 29.4 Å². The highest BCUT2D eigenvalue weighted by molar-refractivity contribution is 5.81. The molecule has 3 heterocycles. The summed E-state index contributed by atoms with van der Waals surface area (Å²) in [6.07, 6.45) is 0.210. The van der Waals surface area contributed by atoms with E-state index in [4.69, 9.17) is 26.7 Å². The zero-order valence-electron chi connectivity index (χ0n) is 16.4. The van der Waals surface area contributed by atoms with Crippen molar-refractivity contribution in [2.45, 2.75) is 36.9 Å². The Bertz CT molecular complexity index is 1070. The number of nitrogens with zero attached hydrogens (tertiary/aromatic N) is 4. The molecule has 1 saturated heterocycles. The fourth-order valence-electron chi connectivity index (χ4n) is 3.44. The number of carbonyl (C=O) groups is 1. The number of anilines is 1. The molecule has 2 aromatic heterocycles. The van der Waals surface area contributed by atoms with Gasteiger partial charge in [-0.15, -0.1) is 0 Å². The monoisotopic (exact) mass is 429 g/mol. The lowest BCUT2D eigenvalue weighted by Gasteiger charge is -2.17. The van der Waals surface area contributed by atoms with Crippen molar-refractivity contribution in [2.75, 3.05) is 12.3 Å². The fraction of sp³-hybridized carbons (Fsp3) is 0.368. The van der Waals surface area contributed by atoms with Crippen molar-refractivity contribution in [3.8, 4) is 5.75 Å². The van der Waals surface area contributed by atoms with Crippen molar-refractivity contribution in [3.05, 3.63) is 42.5 Å². The maximum atomic E-state index is 12.3. The van der Waals surface area contributed by atoms with E-state index in [1.54, 1.807) is 12.1 Å². The van der Waals surface area contributed by atoms with Gasteiger partial charge in [0, 0.05) is 0 Å². The number of aliphatic hydroxyl groups excluding tert-OH is 1. The number of aliphatic hydroxyl groups is 1. The number of nitrogens with two attached hydrogens (primary N) is 3. The number of ether oxygens (including phenoxy) is 2. The molecule has 31 heavy (non-hydrogen) atoms. The van der Waals surface area contributed by atoms with Crippen LogP contribution in [0.2, 0.25) is 0 Å². The molecule has 12 heteroatoms. The van der Waals surface area contributed by atoms with Crippen molar-refractivity contribution in [1.82, 2.24) is 19.5 Å². The molecular formula is C19H23N7O5. The number of imidazole rings is 1. The lowest BCUT2D eigenvalue weighted by Crippen LogP contribution is -2.43. The van der Waals surface area contributed by atoms with Gasteiger partial charge >= 0.3 is 5.97 Å². The summed E-state index contributed by atoms with van der Waals surface area (Å²) in [5.41, 5.74) is 19.3. The molecular weight excluding hydrogens is 406 g/mol. The number of fused-ring (bicyclic) bond motifs is 1. The highest BCUT2D eigenvalue weighted by atomic mass is 16.6. The van der Waals surface area contributed by atoms with E-state index in [2.05, 4.69) is 15.0 Å². The van der Waals surface area contributed by atoms with E-state index >= 15 is 0 Å². The van der Waals surface area contributed by atoms with Crippen LogP contribution in [0.15, 0.2) is 36.9 Å². The van der Waals surface area contributed by atoms with Crippen molar-refractivity contribution >= 4 is 23.0 Å². The Labute approximate surface area is 176 Å². The molecule has 4 rings (SSSR count). The zero-order valence-corrected chi connectivity index (χ0v) is 16.4. The van der Waals surface area contributed by atoms with Crippen LogP contribution in [0.4, 0.5) is 5.82 Å². The molecule has 0 unspecified atom stereocenters. The van der Waals surface area contributed by atoms with Crippen LogP contribution in [-0.4, -0.2) is 66.6 Å². The van der Waals surface area contributed by atoms with E-state index in [9.17, 15) is 15.0 Å². The van der Waals surface area contributed by atoms with Gasteiger partial charge in [0.15, 0.2) is 17.7 Å². The van der Waals surface area contributed by atoms with Crippen LogP contribution in [0, 0.1) is 0 Å². The first kappa shape index (κ1) is 20.9. The van der Waals surface area contributed by atoms with Crippen LogP contribution >= 0.6 is 0 Å². The quantitative estimate of drug-likeness (QED) is 0.295. The van der Waals surface area contributed by atoms with Gasteiger partial charge in [-0.05, 0) is 24.1 Å². The Hall–Kier alpha value is -3.32. The second-order valence-electron chi connectivity index (χ2n) is 7.32. The lowest BCUT2D eigenvalue weighted by molar-refractivity contribution is -0.150. The largest absolute Gasteiger partial charge is 0.508 e. The Kier molecular flexibility index (Phi) is 5.69. The first-order chi connectivity index (χ1) is 14.8. The van der Waals surface area contributed by atoms with Gasteiger partial charge in [-0.2, -0.15) is 0 Å². The van der Waals surface area contributed by atoms with Crippen molar-refractivity contribution in [1.29, 1.82) is 0 Å². The van der Waals surface area contributed by atoms with E-state index in [0.29, 0.717) is 11.2 Å². The number of esters is 1. The number of hydrogen-bond acceptors (Lipinski definition) is 11. The van der Waals surface area contributed by atoms with Gasteiger partial charge in [0.2, 0.25) is 0 Å². The number of rotatable bonds is 6. The zero-order chi connectivity index (χ0) is 22.1. The molecule has 3 aromatic rings. The number of nitrogen functional groups attached to an aromatic ring is 1. The van der Waals surface area contributed by atoms with Gasteiger partial charge in [-0.25, -0.2) is 15.0 Å². The third-order valence-corrected chi connectivity index (χ3v) is 5.18. The van der Waals surface area contributed by atoms with Crippen LogP contribution < -0.4 is 17.2 Å². The standard InChI is InChI=1S/C19H23N7O5/c20-11(5-9-1-3-10(27)4-2-9)19(29)30-6-12-13(21)15(28)18(31-12)26-8-25-14-16(22)23-7-24-17(14)26/h1-4,7-8,11-13,15,18,27-28H,5-6,20-21H2,(H2,22,23,24)/t11-,12+,13+,15+,18+/m0/s1. The van der Waals surface area contributed by atoms with Crippen molar-refractivity contribution in [3.63, 3.8) is 0 Å². The molecule has 1 aliphatic heterocycles. The molecule has 1 aromatic carbocycles. The van der Waals surface area contributed by atoms with Crippen LogP contribution in [0.3, 0.4) is 0 Å². The van der Waals surface area contributed by atoms with Crippen LogP contribution in [0.5, 0.6) is 5.75 Å².